The second-order valence-corrected chi connectivity index (χ2v) is 4.03. The van der Waals surface area contributed by atoms with E-state index in [0.29, 0.717) is 0 Å². The van der Waals surface area contributed by atoms with Crippen LogP contribution in [0.25, 0.3) is 0 Å². The highest BCUT2D eigenvalue weighted by atomic mass is 35.5. The molecule has 0 unspecified atom stereocenters. The van der Waals surface area contributed by atoms with E-state index >= 15 is 0 Å². The molecule has 0 aliphatic carbocycles. The van der Waals surface area contributed by atoms with Crippen molar-refractivity contribution in [3.05, 3.63) is 10.6 Å². The third-order valence-electron chi connectivity index (χ3n) is 1.13. The number of ketones is 1. The van der Waals surface area contributed by atoms with Gasteiger partial charge >= 0.3 is 5.97 Å². The van der Waals surface area contributed by atoms with Crippen LogP contribution in [0.5, 0.6) is 0 Å². The second-order valence-electron chi connectivity index (χ2n) is 2.08. The lowest BCUT2D eigenvalue weighted by Gasteiger charge is -2.14. The van der Waals surface area contributed by atoms with Crippen molar-refractivity contribution >= 4 is 58.2 Å². The van der Waals surface area contributed by atoms with Gasteiger partial charge in [0.2, 0.25) is 5.78 Å². The number of carbonyl (C=O) groups is 2. The van der Waals surface area contributed by atoms with Gasteiger partial charge in [-0.15, -0.1) is 0 Å². The number of halogens is 4. The van der Waals surface area contributed by atoms with Gasteiger partial charge in [-0.1, -0.05) is 46.4 Å². The van der Waals surface area contributed by atoms with E-state index < -0.39 is 21.1 Å². The van der Waals surface area contributed by atoms with Gasteiger partial charge in [0.15, 0.2) is 0 Å². The first-order chi connectivity index (χ1) is 6.37. The molecule has 0 heterocycles. The minimum atomic E-state index is -2.35. The Bertz CT molecular complexity index is 272. The van der Waals surface area contributed by atoms with Crippen LogP contribution < -0.4 is 0 Å². The first kappa shape index (κ1) is 14.0. The summed E-state index contributed by atoms with van der Waals surface area (Å²) < 4.78 is 2.12. The molecule has 0 radical (unpaired) electrons. The molecule has 3 nitrogen and oxygen atoms in total. The molecular formula is C7H6Cl4O3. The number of carbonyl (C=O) groups excluding carboxylic acids is 2. The van der Waals surface area contributed by atoms with Crippen LogP contribution in [0.1, 0.15) is 6.92 Å². The van der Waals surface area contributed by atoms with E-state index in [1.165, 1.54) is 0 Å². The van der Waals surface area contributed by atoms with E-state index in [9.17, 15) is 9.59 Å². The van der Waals surface area contributed by atoms with Crippen molar-refractivity contribution in [1.82, 2.24) is 0 Å². The monoisotopic (exact) mass is 278 g/mol. The zero-order chi connectivity index (χ0) is 11.4. The Morgan fingerprint density at radius 2 is 1.93 bits per heavy atom. The van der Waals surface area contributed by atoms with Crippen LogP contribution in [0.2, 0.25) is 0 Å². The number of allylic oxidation sites excluding steroid dienone is 1. The molecule has 0 atom stereocenters. The highest BCUT2D eigenvalue weighted by molar-refractivity contribution is 6.71. The fraction of sp³-hybridized carbons (Fsp3) is 0.429. The van der Waals surface area contributed by atoms with Crippen LogP contribution in [0.4, 0.5) is 0 Å². The molecule has 0 spiro atoms. The van der Waals surface area contributed by atoms with Gasteiger partial charge in [0, 0.05) is 5.54 Å². The summed E-state index contributed by atoms with van der Waals surface area (Å²) in [6, 6.07) is 0. The van der Waals surface area contributed by atoms with Gasteiger partial charge in [-0.2, -0.15) is 0 Å². The van der Waals surface area contributed by atoms with Crippen LogP contribution in [-0.4, -0.2) is 22.7 Å². The standard InChI is InChI=1S/C7H6Cl4O3/c1-2-14-6(13)7(10,11)5(12)4(9)3-8/h3H,2H2,1H3/b4-3-. The first-order valence-electron chi connectivity index (χ1n) is 3.43. The highest BCUT2D eigenvalue weighted by Gasteiger charge is 2.44. The average Bonchev–Trinajstić information content (AvgIpc) is 2.15. The number of Topliss-reactive ketones (excluding diaryl/α,β-unsaturated/α-hetero) is 1. The maximum absolute atomic E-state index is 11.3. The Morgan fingerprint density at radius 3 is 2.29 bits per heavy atom. The molecule has 0 amide bonds. The summed E-state index contributed by atoms with van der Waals surface area (Å²) in [6.45, 7) is 1.60. The van der Waals surface area contributed by atoms with Crippen molar-refractivity contribution in [1.29, 1.82) is 0 Å². The molecule has 0 fully saturated rings. The normalized spacial score (nSPS) is 12.5. The summed E-state index contributed by atoms with van der Waals surface area (Å²) >= 11 is 21.4. The summed E-state index contributed by atoms with van der Waals surface area (Å²) in [5, 5.41) is -0.440. The molecule has 0 aromatic carbocycles. The topological polar surface area (TPSA) is 43.4 Å². The lowest BCUT2D eigenvalue weighted by atomic mass is 10.2. The number of hydrogen-bond donors (Lipinski definition) is 0. The van der Waals surface area contributed by atoms with Crippen molar-refractivity contribution < 1.29 is 14.3 Å². The summed E-state index contributed by atoms with van der Waals surface area (Å²) in [4.78, 5) is 22.4. The molecule has 0 saturated carbocycles. The SMILES string of the molecule is CCOC(=O)C(Cl)(Cl)C(=O)/C(Cl)=C/Cl. The average molecular weight is 280 g/mol. The molecule has 0 aliphatic rings. The van der Waals surface area contributed by atoms with Gasteiger partial charge in [0.25, 0.3) is 4.33 Å². The van der Waals surface area contributed by atoms with Crippen molar-refractivity contribution in [3.8, 4) is 0 Å². The van der Waals surface area contributed by atoms with Crippen LogP contribution in [0.3, 0.4) is 0 Å². The van der Waals surface area contributed by atoms with Gasteiger partial charge in [-0.3, -0.25) is 4.79 Å². The van der Waals surface area contributed by atoms with Crippen molar-refractivity contribution in [2.75, 3.05) is 6.61 Å². The molecule has 0 rings (SSSR count). The van der Waals surface area contributed by atoms with Crippen LogP contribution >= 0.6 is 46.4 Å². The van der Waals surface area contributed by atoms with E-state index in [1.54, 1.807) is 6.92 Å². The Hall–Kier alpha value is 0.0400. The fourth-order valence-corrected chi connectivity index (χ4v) is 1.16. The number of esters is 1. The molecule has 0 aromatic rings. The predicted molar refractivity (Wildman–Crippen MR) is 55.9 cm³/mol. The van der Waals surface area contributed by atoms with E-state index in [1.807, 2.05) is 0 Å². The minimum absolute atomic E-state index is 0.0511. The van der Waals surface area contributed by atoms with E-state index in [4.69, 9.17) is 46.4 Å². The summed E-state index contributed by atoms with van der Waals surface area (Å²) in [6.07, 6.45) is 0. The van der Waals surface area contributed by atoms with Gasteiger partial charge < -0.3 is 4.74 Å². The van der Waals surface area contributed by atoms with Crippen molar-refractivity contribution in [2.45, 2.75) is 11.3 Å². The Labute approximate surface area is 101 Å². The smallest absolute Gasteiger partial charge is 0.350 e. The number of ether oxygens (including phenoxy) is 1. The third-order valence-corrected chi connectivity index (χ3v) is 2.39. The molecule has 7 heteroatoms. The molecule has 0 saturated heterocycles. The van der Waals surface area contributed by atoms with E-state index in [-0.39, 0.29) is 6.61 Å². The van der Waals surface area contributed by atoms with Gasteiger partial charge in [-0.05, 0) is 6.92 Å². The Balaban J connectivity index is 4.78. The highest BCUT2D eigenvalue weighted by Crippen LogP contribution is 2.29. The van der Waals surface area contributed by atoms with Crippen molar-refractivity contribution in [2.24, 2.45) is 0 Å². The van der Waals surface area contributed by atoms with Crippen LogP contribution in [0, 0.1) is 0 Å². The predicted octanol–water partition coefficient (Wildman–Crippen LogP) is 2.61. The van der Waals surface area contributed by atoms with Gasteiger partial charge in [0.1, 0.15) is 0 Å². The van der Waals surface area contributed by atoms with Crippen LogP contribution in [0.15, 0.2) is 10.6 Å². The summed E-state index contributed by atoms with van der Waals surface area (Å²) in [5.41, 5.74) is 0.766. The van der Waals surface area contributed by atoms with Crippen molar-refractivity contribution in [3.63, 3.8) is 0 Å². The number of hydrogen-bond acceptors (Lipinski definition) is 3. The number of rotatable bonds is 4. The molecule has 0 aromatic heterocycles. The fourth-order valence-electron chi connectivity index (χ4n) is 0.514. The van der Waals surface area contributed by atoms with Gasteiger partial charge in [0.05, 0.1) is 11.6 Å². The summed E-state index contributed by atoms with van der Waals surface area (Å²) in [5.74, 6) is -2.10. The second kappa shape index (κ2) is 5.81. The molecular weight excluding hydrogens is 274 g/mol. The maximum atomic E-state index is 11.3. The maximum Gasteiger partial charge on any atom is 0.350 e. The Kier molecular flexibility index (Phi) is 5.83. The number of alkyl halides is 2. The van der Waals surface area contributed by atoms with E-state index in [0.717, 1.165) is 5.54 Å². The lowest BCUT2D eigenvalue weighted by Crippen LogP contribution is -2.37. The van der Waals surface area contributed by atoms with Gasteiger partial charge in [-0.25, -0.2) is 4.79 Å². The minimum Gasteiger partial charge on any atom is -0.463 e. The zero-order valence-corrected chi connectivity index (χ0v) is 10.0. The third kappa shape index (κ3) is 3.31. The Morgan fingerprint density at radius 1 is 1.43 bits per heavy atom. The van der Waals surface area contributed by atoms with E-state index in [2.05, 4.69) is 4.74 Å². The molecule has 80 valence electrons. The molecule has 0 bridgehead atoms. The zero-order valence-electron chi connectivity index (χ0n) is 7.02. The molecule has 14 heavy (non-hydrogen) atoms. The largest absolute Gasteiger partial charge is 0.463 e. The van der Waals surface area contributed by atoms with Crippen LogP contribution in [-0.2, 0) is 14.3 Å². The summed E-state index contributed by atoms with van der Waals surface area (Å²) in [7, 11) is 0. The first-order valence-corrected chi connectivity index (χ1v) is 5.00. The lowest BCUT2D eigenvalue weighted by molar-refractivity contribution is -0.145. The quantitative estimate of drug-likeness (QED) is 0.344. The molecule has 0 N–H and O–H groups in total. The molecule has 0 aliphatic heterocycles.